The van der Waals surface area contributed by atoms with Crippen molar-refractivity contribution in [3.63, 3.8) is 0 Å². The molecule has 16 heavy (non-hydrogen) atoms. The number of nitrogens with one attached hydrogen (secondary N) is 1. The molecule has 1 aliphatic rings. The average molecular weight is 220 g/mol. The van der Waals surface area contributed by atoms with Gasteiger partial charge in [-0.3, -0.25) is 4.79 Å². The van der Waals surface area contributed by atoms with Crippen molar-refractivity contribution in [2.75, 3.05) is 6.54 Å². The van der Waals surface area contributed by atoms with Crippen LogP contribution >= 0.6 is 0 Å². The minimum absolute atomic E-state index is 0.114. The van der Waals surface area contributed by atoms with E-state index in [-0.39, 0.29) is 5.56 Å². The van der Waals surface area contributed by atoms with Crippen LogP contribution in [0, 0.1) is 12.8 Å². The Morgan fingerprint density at radius 3 is 2.81 bits per heavy atom. The number of aryl methyl sites for hydroxylation is 1. The molecule has 0 aliphatic heterocycles. The summed E-state index contributed by atoms with van der Waals surface area (Å²) < 4.78 is 1.88. The second-order valence-electron chi connectivity index (χ2n) is 4.62. The molecule has 3 nitrogen and oxygen atoms in total. The molecule has 1 N–H and O–H groups in total. The van der Waals surface area contributed by atoms with E-state index in [0.717, 1.165) is 24.7 Å². The maximum Gasteiger partial charge on any atom is 0.250 e. The van der Waals surface area contributed by atoms with Gasteiger partial charge in [0.05, 0.1) is 0 Å². The first-order valence-corrected chi connectivity index (χ1v) is 6.12. The fraction of sp³-hybridized carbons (Fsp3) is 0.615. The van der Waals surface area contributed by atoms with Gasteiger partial charge < -0.3 is 9.88 Å². The van der Waals surface area contributed by atoms with Crippen LogP contribution in [0.15, 0.2) is 23.0 Å². The van der Waals surface area contributed by atoms with Crippen molar-refractivity contribution in [1.29, 1.82) is 0 Å². The van der Waals surface area contributed by atoms with Gasteiger partial charge in [-0.15, -0.1) is 0 Å². The van der Waals surface area contributed by atoms with E-state index in [2.05, 4.69) is 12.2 Å². The van der Waals surface area contributed by atoms with Crippen LogP contribution in [0.5, 0.6) is 0 Å². The molecule has 1 saturated carbocycles. The number of aromatic nitrogens is 1. The number of pyridine rings is 1. The largest absolute Gasteiger partial charge is 0.312 e. The van der Waals surface area contributed by atoms with Crippen molar-refractivity contribution >= 4 is 0 Å². The molecule has 3 heteroatoms. The highest BCUT2D eigenvalue weighted by molar-refractivity contribution is 5.05. The number of hydrogen-bond donors (Lipinski definition) is 1. The molecule has 1 unspecified atom stereocenters. The minimum Gasteiger partial charge on any atom is -0.312 e. The standard InChI is InChI=1S/C13H20N2O/c1-3-14-12(11-7-8-11)9-15-10(2)5-4-6-13(15)16/h4-6,11-12,14H,3,7-9H2,1-2H3. The van der Waals surface area contributed by atoms with Gasteiger partial charge in [0.2, 0.25) is 0 Å². The third-order valence-electron chi connectivity index (χ3n) is 3.30. The Morgan fingerprint density at radius 1 is 1.50 bits per heavy atom. The van der Waals surface area contributed by atoms with Gasteiger partial charge in [-0.25, -0.2) is 0 Å². The molecule has 1 aromatic heterocycles. The van der Waals surface area contributed by atoms with Crippen LogP contribution in [0.4, 0.5) is 0 Å². The fourth-order valence-corrected chi connectivity index (χ4v) is 2.20. The van der Waals surface area contributed by atoms with Gasteiger partial charge in [0.1, 0.15) is 0 Å². The third kappa shape index (κ3) is 2.53. The van der Waals surface area contributed by atoms with E-state index in [1.165, 1.54) is 12.8 Å². The summed E-state index contributed by atoms with van der Waals surface area (Å²) in [6, 6.07) is 5.93. The zero-order valence-electron chi connectivity index (χ0n) is 10.1. The molecule has 2 rings (SSSR count). The average Bonchev–Trinajstić information content (AvgIpc) is 3.06. The van der Waals surface area contributed by atoms with Crippen LogP contribution < -0.4 is 10.9 Å². The summed E-state index contributed by atoms with van der Waals surface area (Å²) in [6.07, 6.45) is 2.61. The van der Waals surface area contributed by atoms with Crippen LogP contribution in [0.3, 0.4) is 0 Å². The van der Waals surface area contributed by atoms with Crippen molar-refractivity contribution in [1.82, 2.24) is 9.88 Å². The van der Waals surface area contributed by atoms with E-state index >= 15 is 0 Å². The third-order valence-corrected chi connectivity index (χ3v) is 3.30. The van der Waals surface area contributed by atoms with E-state index < -0.39 is 0 Å². The molecule has 88 valence electrons. The van der Waals surface area contributed by atoms with Crippen LogP contribution in [-0.4, -0.2) is 17.2 Å². The molecule has 1 aliphatic carbocycles. The number of nitrogens with zero attached hydrogens (tertiary/aromatic N) is 1. The highest BCUT2D eigenvalue weighted by Gasteiger charge is 2.30. The fourth-order valence-electron chi connectivity index (χ4n) is 2.20. The molecular weight excluding hydrogens is 200 g/mol. The normalized spacial score (nSPS) is 17.4. The number of rotatable bonds is 5. The van der Waals surface area contributed by atoms with Crippen LogP contribution in [0.25, 0.3) is 0 Å². The molecular formula is C13H20N2O. The van der Waals surface area contributed by atoms with E-state index in [0.29, 0.717) is 6.04 Å². The highest BCUT2D eigenvalue weighted by Crippen LogP contribution is 2.33. The zero-order valence-corrected chi connectivity index (χ0v) is 10.1. The van der Waals surface area contributed by atoms with Gasteiger partial charge in [-0.2, -0.15) is 0 Å². The van der Waals surface area contributed by atoms with Crippen molar-refractivity contribution in [2.24, 2.45) is 5.92 Å². The summed E-state index contributed by atoms with van der Waals surface area (Å²) >= 11 is 0. The van der Waals surface area contributed by atoms with Crippen LogP contribution in [-0.2, 0) is 6.54 Å². The number of hydrogen-bond acceptors (Lipinski definition) is 2. The van der Waals surface area contributed by atoms with Crippen molar-refractivity contribution in [2.45, 2.75) is 39.3 Å². The first kappa shape index (κ1) is 11.4. The summed E-state index contributed by atoms with van der Waals surface area (Å²) in [5.41, 5.74) is 1.17. The molecule has 0 saturated heterocycles. The predicted octanol–water partition coefficient (Wildman–Crippen LogP) is 1.54. The van der Waals surface area contributed by atoms with Crippen LogP contribution in [0.2, 0.25) is 0 Å². The van der Waals surface area contributed by atoms with Gasteiger partial charge in [0.25, 0.3) is 5.56 Å². The quantitative estimate of drug-likeness (QED) is 0.817. The SMILES string of the molecule is CCNC(Cn1c(C)cccc1=O)C1CC1. The lowest BCUT2D eigenvalue weighted by Gasteiger charge is -2.20. The Balaban J connectivity index is 2.14. The first-order valence-electron chi connectivity index (χ1n) is 6.12. The van der Waals surface area contributed by atoms with Gasteiger partial charge >= 0.3 is 0 Å². The van der Waals surface area contributed by atoms with Gasteiger partial charge in [0.15, 0.2) is 0 Å². The summed E-state index contributed by atoms with van der Waals surface area (Å²) in [5.74, 6) is 0.770. The summed E-state index contributed by atoms with van der Waals surface area (Å²) in [5, 5.41) is 3.49. The molecule has 1 atom stereocenters. The summed E-state index contributed by atoms with van der Waals surface area (Å²) in [7, 11) is 0. The van der Waals surface area contributed by atoms with Gasteiger partial charge in [-0.05, 0) is 38.3 Å². The van der Waals surface area contributed by atoms with Gasteiger partial charge in [-0.1, -0.05) is 13.0 Å². The van der Waals surface area contributed by atoms with E-state index in [1.807, 2.05) is 23.6 Å². The second kappa shape index (κ2) is 4.83. The molecule has 1 heterocycles. The monoisotopic (exact) mass is 220 g/mol. The molecule has 0 amide bonds. The Bertz CT molecular complexity index is 407. The zero-order chi connectivity index (χ0) is 11.5. The molecule has 0 spiro atoms. The maximum absolute atomic E-state index is 11.8. The molecule has 0 radical (unpaired) electrons. The Morgan fingerprint density at radius 2 is 2.25 bits per heavy atom. The lowest BCUT2D eigenvalue weighted by Crippen LogP contribution is -2.38. The molecule has 1 aromatic rings. The van der Waals surface area contributed by atoms with Crippen molar-refractivity contribution in [3.8, 4) is 0 Å². The Hall–Kier alpha value is -1.09. The van der Waals surface area contributed by atoms with Crippen molar-refractivity contribution in [3.05, 3.63) is 34.2 Å². The predicted molar refractivity (Wildman–Crippen MR) is 65.6 cm³/mol. The first-order chi connectivity index (χ1) is 7.72. The maximum atomic E-state index is 11.8. The smallest absolute Gasteiger partial charge is 0.250 e. The molecule has 0 aromatic carbocycles. The Labute approximate surface area is 96.5 Å². The van der Waals surface area contributed by atoms with E-state index in [4.69, 9.17) is 0 Å². The molecule has 1 fully saturated rings. The minimum atomic E-state index is 0.114. The highest BCUT2D eigenvalue weighted by atomic mass is 16.1. The summed E-state index contributed by atoms with van der Waals surface area (Å²) in [6.45, 7) is 5.90. The molecule has 0 bridgehead atoms. The lowest BCUT2D eigenvalue weighted by atomic mass is 10.1. The second-order valence-corrected chi connectivity index (χ2v) is 4.62. The number of likely N-dealkylation sites (N-methyl/N-ethyl adjacent to an activating group) is 1. The lowest BCUT2D eigenvalue weighted by molar-refractivity contribution is 0.406. The van der Waals surface area contributed by atoms with Crippen molar-refractivity contribution < 1.29 is 0 Å². The van der Waals surface area contributed by atoms with Gasteiger partial charge in [0, 0.05) is 24.3 Å². The van der Waals surface area contributed by atoms with E-state index in [9.17, 15) is 4.79 Å². The Kier molecular flexibility index (Phi) is 3.44. The summed E-state index contributed by atoms with van der Waals surface area (Å²) in [4.78, 5) is 11.8. The van der Waals surface area contributed by atoms with Crippen LogP contribution in [0.1, 0.15) is 25.5 Å². The topological polar surface area (TPSA) is 34.0 Å². The van der Waals surface area contributed by atoms with E-state index in [1.54, 1.807) is 6.07 Å².